The molecule has 10 heteroatoms. The SMILES string of the molecule is CC(C)(C)OC(=O)N[C@H]1CCCN(c2ccncc2NC(=O)c2csc(-c3ccccc3F)n2)C1. The van der Waals surface area contributed by atoms with E-state index in [1.807, 2.05) is 26.8 Å². The van der Waals surface area contributed by atoms with Crippen molar-refractivity contribution in [3.63, 3.8) is 0 Å². The quantitative estimate of drug-likeness (QED) is 0.510. The fraction of sp³-hybridized carbons (Fsp3) is 0.360. The summed E-state index contributed by atoms with van der Waals surface area (Å²) in [6, 6.07) is 8.08. The van der Waals surface area contributed by atoms with Crippen molar-refractivity contribution >= 4 is 34.7 Å². The predicted octanol–water partition coefficient (Wildman–Crippen LogP) is 5.09. The zero-order valence-corrected chi connectivity index (χ0v) is 20.7. The summed E-state index contributed by atoms with van der Waals surface area (Å²) in [5, 5.41) is 7.87. The third kappa shape index (κ3) is 6.33. The van der Waals surface area contributed by atoms with Gasteiger partial charge in [-0.25, -0.2) is 14.2 Å². The number of benzene rings is 1. The van der Waals surface area contributed by atoms with E-state index in [-0.39, 0.29) is 17.6 Å². The lowest BCUT2D eigenvalue weighted by atomic mass is 10.0. The Bertz CT molecular complexity index is 1210. The van der Waals surface area contributed by atoms with Crippen LogP contribution in [0.3, 0.4) is 0 Å². The molecule has 0 unspecified atom stereocenters. The highest BCUT2D eigenvalue weighted by Gasteiger charge is 2.26. The van der Waals surface area contributed by atoms with Crippen molar-refractivity contribution in [1.29, 1.82) is 0 Å². The van der Waals surface area contributed by atoms with Crippen molar-refractivity contribution in [3.05, 3.63) is 59.6 Å². The van der Waals surface area contributed by atoms with E-state index in [1.165, 1.54) is 17.4 Å². The van der Waals surface area contributed by atoms with Gasteiger partial charge in [-0.3, -0.25) is 9.78 Å². The lowest BCUT2D eigenvalue weighted by Crippen LogP contribution is -2.49. The molecule has 184 valence electrons. The molecule has 8 nitrogen and oxygen atoms in total. The van der Waals surface area contributed by atoms with E-state index in [0.29, 0.717) is 22.8 Å². The monoisotopic (exact) mass is 497 g/mol. The summed E-state index contributed by atoms with van der Waals surface area (Å²) >= 11 is 1.21. The number of aromatic nitrogens is 2. The molecule has 1 atom stereocenters. The molecule has 0 spiro atoms. The van der Waals surface area contributed by atoms with Gasteiger partial charge in [0.1, 0.15) is 22.1 Å². The van der Waals surface area contributed by atoms with Crippen LogP contribution in [0.4, 0.5) is 20.6 Å². The molecule has 0 saturated carbocycles. The van der Waals surface area contributed by atoms with Crippen LogP contribution in [0.15, 0.2) is 48.1 Å². The molecule has 2 N–H and O–H groups in total. The maximum Gasteiger partial charge on any atom is 0.407 e. The highest BCUT2D eigenvalue weighted by atomic mass is 32.1. The van der Waals surface area contributed by atoms with Crippen LogP contribution >= 0.6 is 11.3 Å². The number of hydrogen-bond acceptors (Lipinski definition) is 7. The average molecular weight is 498 g/mol. The molecule has 3 heterocycles. The number of hydrogen-bond donors (Lipinski definition) is 2. The third-order valence-corrected chi connectivity index (χ3v) is 6.25. The number of halogens is 1. The minimum Gasteiger partial charge on any atom is -0.444 e. The molecule has 35 heavy (non-hydrogen) atoms. The number of carbonyl (C=O) groups is 2. The van der Waals surface area contributed by atoms with Gasteiger partial charge in [0, 0.05) is 36.3 Å². The minimum atomic E-state index is -0.567. The number of piperidine rings is 1. The number of nitrogens with one attached hydrogen (secondary N) is 2. The van der Waals surface area contributed by atoms with Crippen LogP contribution in [0, 0.1) is 5.82 Å². The molecule has 4 rings (SSSR count). The average Bonchev–Trinajstić information content (AvgIpc) is 3.29. The number of ether oxygens (including phenoxy) is 1. The Morgan fingerprint density at radius 3 is 2.80 bits per heavy atom. The van der Waals surface area contributed by atoms with Gasteiger partial charge < -0.3 is 20.3 Å². The summed E-state index contributed by atoms with van der Waals surface area (Å²) in [7, 11) is 0. The van der Waals surface area contributed by atoms with Crippen LogP contribution in [-0.4, -0.2) is 46.7 Å². The lowest BCUT2D eigenvalue weighted by Gasteiger charge is -2.35. The molecule has 1 aliphatic heterocycles. The molecule has 1 fully saturated rings. The highest BCUT2D eigenvalue weighted by Crippen LogP contribution is 2.30. The van der Waals surface area contributed by atoms with E-state index >= 15 is 0 Å². The second-order valence-electron chi connectivity index (χ2n) is 9.30. The van der Waals surface area contributed by atoms with Crippen molar-refractivity contribution < 1.29 is 18.7 Å². The number of anilines is 2. The fourth-order valence-electron chi connectivity index (χ4n) is 3.87. The van der Waals surface area contributed by atoms with E-state index < -0.39 is 17.6 Å². The first-order valence-electron chi connectivity index (χ1n) is 11.4. The molecule has 1 aromatic carbocycles. The Morgan fingerprint density at radius 2 is 2.03 bits per heavy atom. The van der Waals surface area contributed by atoms with Gasteiger partial charge in [-0.2, -0.15) is 0 Å². The zero-order chi connectivity index (χ0) is 25.0. The van der Waals surface area contributed by atoms with E-state index in [0.717, 1.165) is 25.1 Å². The summed E-state index contributed by atoms with van der Waals surface area (Å²) in [4.78, 5) is 35.7. The number of carbonyl (C=O) groups excluding carboxylic acids is 2. The lowest BCUT2D eigenvalue weighted by molar-refractivity contribution is 0.0500. The maximum absolute atomic E-state index is 14.1. The molecule has 0 bridgehead atoms. The van der Waals surface area contributed by atoms with Crippen LogP contribution in [0.25, 0.3) is 10.6 Å². The maximum atomic E-state index is 14.1. The molecule has 2 amide bonds. The van der Waals surface area contributed by atoms with Gasteiger partial charge in [0.25, 0.3) is 5.91 Å². The van der Waals surface area contributed by atoms with Crippen LogP contribution in [0.5, 0.6) is 0 Å². The fourth-order valence-corrected chi connectivity index (χ4v) is 4.70. The highest BCUT2D eigenvalue weighted by molar-refractivity contribution is 7.13. The van der Waals surface area contributed by atoms with Gasteiger partial charge in [-0.15, -0.1) is 11.3 Å². The van der Waals surface area contributed by atoms with Crippen molar-refractivity contribution in [1.82, 2.24) is 15.3 Å². The van der Waals surface area contributed by atoms with Gasteiger partial charge in [0.2, 0.25) is 0 Å². The molecule has 1 aliphatic rings. The number of thiazole rings is 1. The Morgan fingerprint density at radius 1 is 1.23 bits per heavy atom. The first-order valence-corrected chi connectivity index (χ1v) is 12.3. The Balaban J connectivity index is 1.45. The van der Waals surface area contributed by atoms with Crippen molar-refractivity contribution in [2.75, 3.05) is 23.3 Å². The zero-order valence-electron chi connectivity index (χ0n) is 19.9. The Hall–Kier alpha value is -3.53. The molecule has 0 aliphatic carbocycles. The van der Waals surface area contributed by atoms with E-state index in [1.54, 1.807) is 36.0 Å². The summed E-state index contributed by atoms with van der Waals surface area (Å²) in [5.41, 5.74) is 1.33. The minimum absolute atomic E-state index is 0.0859. The van der Waals surface area contributed by atoms with Crippen molar-refractivity contribution in [2.45, 2.75) is 45.3 Å². The van der Waals surface area contributed by atoms with Crippen molar-refractivity contribution in [3.8, 4) is 10.6 Å². The van der Waals surface area contributed by atoms with Crippen LogP contribution in [0.1, 0.15) is 44.1 Å². The predicted molar refractivity (Wildman–Crippen MR) is 134 cm³/mol. The van der Waals surface area contributed by atoms with Gasteiger partial charge >= 0.3 is 6.09 Å². The van der Waals surface area contributed by atoms with Crippen LogP contribution < -0.4 is 15.5 Å². The Labute approximate surface area is 207 Å². The standard InChI is InChI=1S/C25H28FN5O3S/c1-25(2,3)34-24(33)28-16-7-6-12-31(14-16)21-10-11-27-13-19(21)29-22(32)20-15-35-23(30-20)17-8-4-5-9-18(17)26/h4-5,8-11,13,15-16H,6-7,12,14H2,1-3H3,(H,28,33)(H,29,32)/t16-/m0/s1. The number of rotatable bonds is 5. The molecular weight excluding hydrogens is 469 g/mol. The summed E-state index contributed by atoms with van der Waals surface area (Å²) in [5.74, 6) is -0.790. The summed E-state index contributed by atoms with van der Waals surface area (Å²) < 4.78 is 19.5. The van der Waals surface area contributed by atoms with Crippen LogP contribution in [-0.2, 0) is 4.74 Å². The first-order chi connectivity index (χ1) is 16.7. The summed E-state index contributed by atoms with van der Waals surface area (Å²) in [6.07, 6.45) is 4.51. The number of nitrogens with zero attached hydrogens (tertiary/aromatic N) is 3. The topological polar surface area (TPSA) is 96.5 Å². The van der Waals surface area contributed by atoms with Gasteiger partial charge in [-0.05, 0) is 51.8 Å². The van der Waals surface area contributed by atoms with Gasteiger partial charge in [0.05, 0.1) is 17.6 Å². The number of alkyl carbamates (subject to hydrolysis) is 1. The second-order valence-corrected chi connectivity index (χ2v) is 10.2. The molecule has 1 saturated heterocycles. The Kier molecular flexibility index (Phi) is 7.30. The largest absolute Gasteiger partial charge is 0.444 e. The third-order valence-electron chi connectivity index (χ3n) is 5.37. The summed E-state index contributed by atoms with van der Waals surface area (Å²) in [6.45, 7) is 6.82. The smallest absolute Gasteiger partial charge is 0.407 e. The van der Waals surface area contributed by atoms with Gasteiger partial charge in [-0.1, -0.05) is 12.1 Å². The number of amides is 2. The second kappa shape index (κ2) is 10.4. The molecule has 2 aromatic heterocycles. The van der Waals surface area contributed by atoms with E-state index in [9.17, 15) is 14.0 Å². The molecular formula is C25H28FN5O3S. The molecule has 3 aromatic rings. The first kappa shape index (κ1) is 24.6. The van der Waals surface area contributed by atoms with Gasteiger partial charge in [0.15, 0.2) is 0 Å². The van der Waals surface area contributed by atoms with Crippen LogP contribution in [0.2, 0.25) is 0 Å². The number of pyridine rings is 1. The van der Waals surface area contributed by atoms with E-state index in [2.05, 4.69) is 25.5 Å². The van der Waals surface area contributed by atoms with E-state index in [4.69, 9.17) is 4.74 Å². The molecule has 0 radical (unpaired) electrons. The van der Waals surface area contributed by atoms with Crippen molar-refractivity contribution in [2.24, 2.45) is 0 Å². The normalized spacial score (nSPS) is 16.0.